The molecule has 2 aliphatic carbocycles. The summed E-state index contributed by atoms with van der Waals surface area (Å²) < 4.78 is 0. The van der Waals surface area contributed by atoms with E-state index in [1.807, 2.05) is 12.2 Å². The normalized spacial score (nSPS) is 31.0. The Morgan fingerprint density at radius 3 is 2.50 bits per heavy atom. The van der Waals surface area contributed by atoms with Gasteiger partial charge in [-0.25, -0.2) is 0 Å². The molecule has 2 atom stereocenters. The van der Waals surface area contributed by atoms with E-state index in [9.17, 15) is 9.90 Å². The van der Waals surface area contributed by atoms with Gasteiger partial charge in [0.15, 0.2) is 0 Å². The van der Waals surface area contributed by atoms with Crippen molar-refractivity contribution in [3.63, 3.8) is 0 Å². The van der Waals surface area contributed by atoms with Gasteiger partial charge in [-0.2, -0.15) is 0 Å². The number of hydrogen-bond acceptors (Lipinski definition) is 3. The summed E-state index contributed by atoms with van der Waals surface area (Å²) in [5.41, 5.74) is 5.03. The van der Waals surface area contributed by atoms with E-state index in [1.165, 1.54) is 12.8 Å². The van der Waals surface area contributed by atoms with Crippen molar-refractivity contribution in [3.8, 4) is 0 Å². The van der Waals surface area contributed by atoms with Crippen molar-refractivity contribution in [1.82, 2.24) is 5.32 Å². The van der Waals surface area contributed by atoms with Gasteiger partial charge in [0, 0.05) is 12.6 Å². The Hall–Kier alpha value is -0.870. The van der Waals surface area contributed by atoms with Crippen LogP contribution in [0.5, 0.6) is 0 Å². The molecule has 4 N–H and O–H groups in total. The van der Waals surface area contributed by atoms with E-state index in [-0.39, 0.29) is 17.9 Å². The number of hydrogen-bond donors (Lipinski definition) is 3. The molecule has 0 aromatic heterocycles. The molecule has 1 saturated carbocycles. The Balaban J connectivity index is 1.79. The molecule has 0 radical (unpaired) electrons. The Labute approximate surface area is 109 Å². The number of rotatable bonds is 3. The minimum absolute atomic E-state index is 0.00159. The Kier molecular flexibility index (Phi) is 4.40. The van der Waals surface area contributed by atoms with Crippen molar-refractivity contribution in [2.24, 2.45) is 11.7 Å². The zero-order chi connectivity index (χ0) is 13.0. The molecule has 0 aromatic rings. The Bertz CT molecular complexity index is 320. The first-order chi connectivity index (χ1) is 8.59. The summed E-state index contributed by atoms with van der Waals surface area (Å²) >= 11 is 0. The average molecular weight is 252 g/mol. The molecule has 1 amide bonds. The van der Waals surface area contributed by atoms with E-state index >= 15 is 0 Å². The first-order valence-electron chi connectivity index (χ1n) is 7.03. The zero-order valence-electron chi connectivity index (χ0n) is 10.9. The average Bonchev–Trinajstić information content (AvgIpc) is 2.66. The topological polar surface area (TPSA) is 75.4 Å². The fourth-order valence-electron chi connectivity index (χ4n) is 2.87. The molecule has 0 aromatic carbocycles. The molecule has 2 unspecified atom stereocenters. The summed E-state index contributed by atoms with van der Waals surface area (Å²) in [5.74, 6) is -0.119. The van der Waals surface area contributed by atoms with Crippen molar-refractivity contribution in [2.45, 2.75) is 56.6 Å². The largest absolute Gasteiger partial charge is 0.388 e. The minimum Gasteiger partial charge on any atom is -0.388 e. The number of aliphatic hydroxyl groups is 1. The molecule has 18 heavy (non-hydrogen) atoms. The van der Waals surface area contributed by atoms with Crippen LogP contribution in [0.1, 0.15) is 44.9 Å². The quantitative estimate of drug-likeness (QED) is 0.520. The van der Waals surface area contributed by atoms with Gasteiger partial charge in [-0.3, -0.25) is 4.79 Å². The number of nitrogens with one attached hydrogen (secondary N) is 1. The van der Waals surface area contributed by atoms with Crippen LogP contribution in [0, 0.1) is 5.92 Å². The Morgan fingerprint density at radius 2 is 1.94 bits per heavy atom. The van der Waals surface area contributed by atoms with Crippen LogP contribution in [0.25, 0.3) is 0 Å². The number of carbonyl (C=O) groups is 1. The number of nitrogens with two attached hydrogens (primary N) is 1. The molecule has 4 nitrogen and oxygen atoms in total. The lowest BCUT2D eigenvalue weighted by atomic mass is 9.94. The second-order valence-electron chi connectivity index (χ2n) is 5.75. The third-order valence-electron chi connectivity index (χ3n) is 4.08. The second kappa shape index (κ2) is 5.85. The predicted molar refractivity (Wildman–Crippen MR) is 70.9 cm³/mol. The van der Waals surface area contributed by atoms with E-state index in [4.69, 9.17) is 5.73 Å². The van der Waals surface area contributed by atoms with Gasteiger partial charge in [0.05, 0.1) is 11.5 Å². The monoisotopic (exact) mass is 252 g/mol. The highest BCUT2D eigenvalue weighted by atomic mass is 16.3. The minimum atomic E-state index is -0.698. The zero-order valence-corrected chi connectivity index (χ0v) is 10.9. The summed E-state index contributed by atoms with van der Waals surface area (Å²) in [5, 5.41) is 13.3. The molecule has 4 heteroatoms. The molecule has 2 aliphatic rings. The van der Waals surface area contributed by atoms with Gasteiger partial charge in [-0.15, -0.1) is 0 Å². The van der Waals surface area contributed by atoms with Gasteiger partial charge in [0.2, 0.25) is 5.91 Å². The lowest BCUT2D eigenvalue weighted by molar-refractivity contribution is -0.125. The van der Waals surface area contributed by atoms with E-state index in [2.05, 4.69) is 5.32 Å². The van der Waals surface area contributed by atoms with Gasteiger partial charge in [0.1, 0.15) is 0 Å². The van der Waals surface area contributed by atoms with Crippen molar-refractivity contribution in [2.75, 3.05) is 6.54 Å². The maximum atomic E-state index is 11.9. The van der Waals surface area contributed by atoms with Gasteiger partial charge < -0.3 is 16.2 Å². The van der Waals surface area contributed by atoms with Crippen LogP contribution < -0.4 is 11.1 Å². The van der Waals surface area contributed by atoms with Crippen LogP contribution in [0.4, 0.5) is 0 Å². The first kappa shape index (κ1) is 13.6. The molecule has 0 heterocycles. The molecule has 0 bridgehead atoms. The molecular weight excluding hydrogens is 228 g/mol. The summed E-state index contributed by atoms with van der Waals surface area (Å²) in [4.78, 5) is 11.9. The highest BCUT2D eigenvalue weighted by molar-refractivity contribution is 5.81. The Morgan fingerprint density at radius 1 is 1.28 bits per heavy atom. The van der Waals surface area contributed by atoms with Crippen molar-refractivity contribution in [3.05, 3.63) is 12.2 Å². The summed E-state index contributed by atoms with van der Waals surface area (Å²) in [7, 11) is 0. The summed E-state index contributed by atoms with van der Waals surface area (Å²) in [6, 6.07) is 0.00159. The molecule has 2 rings (SSSR count). The SMILES string of the molecule is NC1C=CC(C(=O)NCC2(O)CCCCCC2)C1. The van der Waals surface area contributed by atoms with Crippen LogP contribution in [0.2, 0.25) is 0 Å². The van der Waals surface area contributed by atoms with Crippen molar-refractivity contribution < 1.29 is 9.90 Å². The van der Waals surface area contributed by atoms with E-state index in [1.54, 1.807) is 0 Å². The fraction of sp³-hybridized carbons (Fsp3) is 0.786. The molecule has 102 valence electrons. The van der Waals surface area contributed by atoms with Crippen LogP contribution in [0.15, 0.2) is 12.2 Å². The van der Waals surface area contributed by atoms with E-state index < -0.39 is 5.60 Å². The van der Waals surface area contributed by atoms with E-state index in [0.29, 0.717) is 13.0 Å². The fourth-order valence-corrected chi connectivity index (χ4v) is 2.87. The van der Waals surface area contributed by atoms with Crippen molar-refractivity contribution in [1.29, 1.82) is 0 Å². The summed E-state index contributed by atoms with van der Waals surface area (Å²) in [6.45, 7) is 0.380. The number of amides is 1. The maximum absolute atomic E-state index is 11.9. The smallest absolute Gasteiger partial charge is 0.227 e. The molecule has 1 fully saturated rings. The van der Waals surface area contributed by atoms with Crippen LogP contribution >= 0.6 is 0 Å². The lowest BCUT2D eigenvalue weighted by Crippen LogP contribution is -2.44. The van der Waals surface area contributed by atoms with Gasteiger partial charge in [-0.05, 0) is 19.3 Å². The highest BCUT2D eigenvalue weighted by Crippen LogP contribution is 2.26. The van der Waals surface area contributed by atoms with Crippen LogP contribution in [-0.2, 0) is 4.79 Å². The predicted octanol–water partition coefficient (Wildman–Crippen LogP) is 1.09. The van der Waals surface area contributed by atoms with Gasteiger partial charge in [-0.1, -0.05) is 37.8 Å². The first-order valence-corrected chi connectivity index (χ1v) is 7.03. The molecular formula is C14H24N2O2. The maximum Gasteiger partial charge on any atom is 0.227 e. The van der Waals surface area contributed by atoms with Crippen molar-refractivity contribution >= 4 is 5.91 Å². The standard InChI is InChI=1S/C14H24N2O2/c15-12-6-5-11(9-12)13(17)16-10-14(18)7-3-1-2-4-8-14/h5-6,11-12,18H,1-4,7-10,15H2,(H,16,17). The number of carbonyl (C=O) groups excluding carboxylic acids is 1. The van der Waals surface area contributed by atoms with Gasteiger partial charge in [0.25, 0.3) is 0 Å². The third kappa shape index (κ3) is 3.56. The lowest BCUT2D eigenvalue weighted by Gasteiger charge is -2.27. The summed E-state index contributed by atoms with van der Waals surface area (Å²) in [6.07, 6.45) is 10.5. The molecule has 0 aliphatic heterocycles. The third-order valence-corrected chi connectivity index (χ3v) is 4.08. The van der Waals surface area contributed by atoms with E-state index in [0.717, 1.165) is 25.7 Å². The second-order valence-corrected chi connectivity index (χ2v) is 5.75. The highest BCUT2D eigenvalue weighted by Gasteiger charge is 2.30. The van der Waals surface area contributed by atoms with Crippen LogP contribution in [-0.4, -0.2) is 29.2 Å². The molecule has 0 saturated heterocycles. The molecule has 0 spiro atoms. The van der Waals surface area contributed by atoms with Gasteiger partial charge >= 0.3 is 0 Å². The van der Waals surface area contributed by atoms with Crippen LogP contribution in [0.3, 0.4) is 0 Å².